The molecule has 2 N–H and O–H groups in total. The molecule has 174 valence electrons. The molecule has 32 heavy (non-hydrogen) atoms. The van der Waals surface area contributed by atoms with Crippen LogP contribution in [0.1, 0.15) is 39.5 Å². The number of hydrogen-bond acceptors (Lipinski definition) is 7. The van der Waals surface area contributed by atoms with Gasteiger partial charge >= 0.3 is 6.09 Å². The maximum absolute atomic E-state index is 14.5. The number of piperidine rings is 2. The molecule has 0 saturated carbocycles. The second-order valence-electron chi connectivity index (χ2n) is 7.95. The lowest BCUT2D eigenvalue weighted by Crippen LogP contribution is -2.41. The number of oxime groups is 1. The van der Waals surface area contributed by atoms with Gasteiger partial charge in [-0.05, 0) is 13.8 Å². The number of halogens is 1. The molecule has 10 nitrogen and oxygen atoms in total. The number of aromatic nitrogens is 1. The van der Waals surface area contributed by atoms with E-state index in [0.29, 0.717) is 50.5 Å². The number of hydrogen-bond donors (Lipinski definition) is 2. The molecular formula is C21H30FN7O3. The zero-order valence-electron chi connectivity index (χ0n) is 18.5. The first kappa shape index (κ1) is 23.4. The summed E-state index contributed by atoms with van der Waals surface area (Å²) in [5.41, 5.74) is 1.41. The number of carbonyl (C=O) groups excluding carboxylic acids is 1. The predicted molar refractivity (Wildman–Crippen MR) is 121 cm³/mol. The minimum Gasteiger partial charge on any atom is -0.447 e. The quantitative estimate of drug-likeness (QED) is 0.377. The van der Waals surface area contributed by atoms with Crippen LogP contribution in [0.5, 0.6) is 0 Å². The number of aliphatic imine (C=N–C) groups is 1. The second-order valence-corrected chi connectivity index (χ2v) is 7.95. The Morgan fingerprint density at radius 2 is 2.03 bits per heavy atom. The molecule has 2 saturated heterocycles. The van der Waals surface area contributed by atoms with Gasteiger partial charge in [-0.15, -0.1) is 0 Å². The summed E-state index contributed by atoms with van der Waals surface area (Å²) in [4.78, 5) is 29.1. The Morgan fingerprint density at radius 1 is 1.31 bits per heavy atom. The van der Waals surface area contributed by atoms with Crippen LogP contribution in [-0.2, 0) is 9.57 Å². The zero-order chi connectivity index (χ0) is 22.9. The maximum Gasteiger partial charge on any atom is 0.410 e. The SMILES string of the molecule is CC(C)OC(=O)N1CCC(ON=C2CCN(c3ncc(N/C=N\C=N)cc3F)CC2)CC1. The third-order valence-corrected chi connectivity index (χ3v) is 5.21. The monoisotopic (exact) mass is 447 g/mol. The van der Waals surface area contributed by atoms with E-state index in [1.807, 2.05) is 18.7 Å². The lowest BCUT2D eigenvalue weighted by molar-refractivity contribution is 0.00415. The van der Waals surface area contributed by atoms with Crippen LogP contribution in [0.25, 0.3) is 0 Å². The molecule has 0 aliphatic carbocycles. The first-order chi connectivity index (χ1) is 15.5. The van der Waals surface area contributed by atoms with Gasteiger partial charge in [0.25, 0.3) is 0 Å². The van der Waals surface area contributed by atoms with Crippen molar-refractivity contribution in [1.82, 2.24) is 9.88 Å². The van der Waals surface area contributed by atoms with Crippen LogP contribution >= 0.6 is 0 Å². The number of likely N-dealkylation sites (tertiary alicyclic amines) is 1. The number of nitrogens with zero attached hydrogens (tertiary/aromatic N) is 5. The Bertz CT molecular complexity index is 844. The van der Waals surface area contributed by atoms with E-state index in [1.54, 1.807) is 4.90 Å². The van der Waals surface area contributed by atoms with Gasteiger partial charge in [-0.25, -0.2) is 19.2 Å². The van der Waals surface area contributed by atoms with Crippen LogP contribution in [0.4, 0.5) is 20.7 Å². The van der Waals surface area contributed by atoms with Crippen molar-refractivity contribution in [3.8, 4) is 0 Å². The van der Waals surface area contributed by atoms with Gasteiger partial charge in [-0.3, -0.25) is 5.41 Å². The minimum absolute atomic E-state index is 0.0148. The fourth-order valence-electron chi connectivity index (χ4n) is 3.53. The maximum atomic E-state index is 14.5. The molecule has 0 radical (unpaired) electrons. The van der Waals surface area contributed by atoms with E-state index in [2.05, 4.69) is 20.4 Å². The first-order valence-corrected chi connectivity index (χ1v) is 10.8. The van der Waals surface area contributed by atoms with Gasteiger partial charge in [0, 0.05) is 57.9 Å². The van der Waals surface area contributed by atoms with E-state index in [1.165, 1.54) is 18.6 Å². The Hall–Kier alpha value is -3.24. The molecule has 0 unspecified atom stereocenters. The molecule has 2 aliphatic rings. The van der Waals surface area contributed by atoms with Gasteiger partial charge in [0.2, 0.25) is 0 Å². The molecule has 1 amide bonds. The normalized spacial score (nSPS) is 17.6. The summed E-state index contributed by atoms with van der Waals surface area (Å²) in [6.07, 6.45) is 6.08. The molecule has 2 aliphatic heterocycles. The molecular weight excluding hydrogens is 417 g/mol. The average Bonchev–Trinajstić information content (AvgIpc) is 2.78. The van der Waals surface area contributed by atoms with Crippen molar-refractivity contribution >= 4 is 36.0 Å². The van der Waals surface area contributed by atoms with Gasteiger partial charge < -0.3 is 24.7 Å². The molecule has 1 aromatic rings. The number of ether oxygens (including phenoxy) is 1. The lowest BCUT2D eigenvalue weighted by atomic mass is 10.1. The van der Waals surface area contributed by atoms with E-state index in [9.17, 15) is 9.18 Å². The molecule has 2 fully saturated rings. The van der Waals surface area contributed by atoms with Gasteiger partial charge in [-0.1, -0.05) is 5.16 Å². The minimum atomic E-state index is -0.419. The highest BCUT2D eigenvalue weighted by molar-refractivity contribution is 5.86. The van der Waals surface area contributed by atoms with E-state index < -0.39 is 5.82 Å². The zero-order valence-corrected chi connectivity index (χ0v) is 18.5. The van der Waals surface area contributed by atoms with E-state index >= 15 is 0 Å². The fourth-order valence-corrected chi connectivity index (χ4v) is 3.53. The number of pyridine rings is 1. The van der Waals surface area contributed by atoms with Crippen molar-refractivity contribution in [2.24, 2.45) is 10.1 Å². The second kappa shape index (κ2) is 11.4. The highest BCUT2D eigenvalue weighted by Gasteiger charge is 2.26. The molecule has 0 aromatic carbocycles. The smallest absolute Gasteiger partial charge is 0.410 e. The third-order valence-electron chi connectivity index (χ3n) is 5.21. The highest BCUT2D eigenvalue weighted by atomic mass is 19.1. The Morgan fingerprint density at radius 3 is 2.66 bits per heavy atom. The number of carbonyl (C=O) groups is 1. The van der Waals surface area contributed by atoms with E-state index in [-0.39, 0.29) is 18.3 Å². The summed E-state index contributed by atoms with van der Waals surface area (Å²) in [5, 5.41) is 13.9. The van der Waals surface area contributed by atoms with Crippen molar-refractivity contribution in [3.05, 3.63) is 18.1 Å². The fraction of sp³-hybridized carbons (Fsp3) is 0.571. The van der Waals surface area contributed by atoms with Crippen LogP contribution in [0, 0.1) is 11.2 Å². The summed E-state index contributed by atoms with van der Waals surface area (Å²) in [6, 6.07) is 1.36. The molecule has 3 heterocycles. The summed E-state index contributed by atoms with van der Waals surface area (Å²) in [5.74, 6) is -0.113. The lowest BCUT2D eigenvalue weighted by Gasteiger charge is -2.31. The summed E-state index contributed by atoms with van der Waals surface area (Å²) >= 11 is 0. The van der Waals surface area contributed by atoms with Gasteiger partial charge in [0.05, 0.1) is 30.0 Å². The topological polar surface area (TPSA) is 116 Å². The number of rotatable bonds is 7. The molecule has 3 rings (SSSR count). The molecule has 0 bridgehead atoms. The molecule has 0 spiro atoms. The Labute approximate surface area is 187 Å². The van der Waals surface area contributed by atoms with Crippen LogP contribution in [0.3, 0.4) is 0 Å². The Balaban J connectivity index is 1.43. The van der Waals surface area contributed by atoms with Crippen molar-refractivity contribution in [2.75, 3.05) is 36.4 Å². The molecule has 1 aromatic heterocycles. The predicted octanol–water partition coefficient (Wildman–Crippen LogP) is 3.25. The third kappa shape index (κ3) is 6.63. The summed E-state index contributed by atoms with van der Waals surface area (Å²) in [7, 11) is 0. The van der Waals surface area contributed by atoms with Gasteiger partial charge in [0.15, 0.2) is 11.6 Å². The standard InChI is InChI=1S/C21H30FN7O3/c1-15(2)31-21(30)29-9-5-18(6-10-29)32-27-16-3-7-28(8-4-16)20-19(22)11-17(12-25-20)26-14-24-13-23/h11-15,18H,3-10H2,1-2H3,(H2,23,24,26). The number of nitrogens with one attached hydrogen (secondary N) is 2. The highest BCUT2D eigenvalue weighted by Crippen LogP contribution is 2.23. The molecule has 0 atom stereocenters. The van der Waals surface area contributed by atoms with Crippen molar-refractivity contribution in [2.45, 2.75) is 51.7 Å². The van der Waals surface area contributed by atoms with Crippen LogP contribution in [0.15, 0.2) is 22.4 Å². The van der Waals surface area contributed by atoms with Crippen molar-refractivity contribution in [3.63, 3.8) is 0 Å². The summed E-state index contributed by atoms with van der Waals surface area (Å²) in [6.45, 7) is 6.07. The first-order valence-electron chi connectivity index (χ1n) is 10.8. The van der Waals surface area contributed by atoms with Gasteiger partial charge in [0.1, 0.15) is 12.4 Å². The molecule has 11 heteroatoms. The van der Waals surface area contributed by atoms with Crippen LogP contribution in [0.2, 0.25) is 0 Å². The van der Waals surface area contributed by atoms with Crippen molar-refractivity contribution in [1.29, 1.82) is 5.41 Å². The summed E-state index contributed by atoms with van der Waals surface area (Å²) < 4.78 is 19.7. The van der Waals surface area contributed by atoms with E-state index in [0.717, 1.165) is 24.9 Å². The van der Waals surface area contributed by atoms with Gasteiger partial charge in [-0.2, -0.15) is 0 Å². The number of amides is 1. The van der Waals surface area contributed by atoms with E-state index in [4.69, 9.17) is 15.0 Å². The van der Waals surface area contributed by atoms with Crippen LogP contribution in [-0.4, -0.2) is 72.8 Å². The largest absolute Gasteiger partial charge is 0.447 e. The number of anilines is 2. The Kier molecular flexibility index (Phi) is 8.34. The van der Waals surface area contributed by atoms with Crippen molar-refractivity contribution < 1.29 is 18.8 Å². The van der Waals surface area contributed by atoms with Crippen LogP contribution < -0.4 is 10.2 Å². The average molecular weight is 448 g/mol.